The summed E-state index contributed by atoms with van der Waals surface area (Å²) in [7, 11) is 0. The lowest BCUT2D eigenvalue weighted by atomic mass is 10.1. The van der Waals surface area contributed by atoms with Crippen LogP contribution in [0, 0.1) is 0 Å². The average molecular weight is 278 g/mol. The Morgan fingerprint density at radius 2 is 1.85 bits per heavy atom. The monoisotopic (exact) mass is 278 g/mol. The lowest BCUT2D eigenvalue weighted by molar-refractivity contribution is 0.300. The highest BCUT2D eigenvalue weighted by molar-refractivity contribution is 5.48. The smallest absolute Gasteiger partial charge is 0.133 e. The van der Waals surface area contributed by atoms with Crippen LogP contribution in [0.1, 0.15) is 45.7 Å². The molecule has 0 aromatic carbocycles. The molecule has 0 unspecified atom stereocenters. The van der Waals surface area contributed by atoms with Gasteiger partial charge in [-0.05, 0) is 46.0 Å². The molecule has 0 fully saturated rings. The zero-order valence-electron chi connectivity index (χ0n) is 13.5. The quantitative estimate of drug-likeness (QED) is 0.754. The highest BCUT2D eigenvalue weighted by Gasteiger charge is 2.13. The summed E-state index contributed by atoms with van der Waals surface area (Å²) < 4.78 is 0. The Balaban J connectivity index is 2.67. The molecule has 1 aromatic heterocycles. The average Bonchev–Trinajstić information content (AvgIpc) is 2.47. The fraction of sp³-hybridized carbons (Fsp3) is 0.688. The third-order valence-electron chi connectivity index (χ3n) is 3.79. The maximum absolute atomic E-state index is 6.05. The lowest BCUT2D eigenvalue weighted by Crippen LogP contribution is -2.31. The zero-order valence-corrected chi connectivity index (χ0v) is 13.5. The van der Waals surface area contributed by atoms with E-state index in [4.69, 9.17) is 5.73 Å². The number of hydrogen-bond donors (Lipinski definition) is 1. The van der Waals surface area contributed by atoms with Gasteiger partial charge in [-0.25, -0.2) is 4.98 Å². The summed E-state index contributed by atoms with van der Waals surface area (Å²) in [4.78, 5) is 9.33. The third kappa shape index (κ3) is 4.76. The summed E-state index contributed by atoms with van der Waals surface area (Å²) in [6.07, 6.45) is 3.01. The summed E-state index contributed by atoms with van der Waals surface area (Å²) in [5.74, 6) is 1.05. The van der Waals surface area contributed by atoms with E-state index in [0.717, 1.165) is 50.5 Å². The summed E-state index contributed by atoms with van der Waals surface area (Å²) >= 11 is 0. The highest BCUT2D eigenvalue weighted by Crippen LogP contribution is 2.22. The third-order valence-corrected chi connectivity index (χ3v) is 3.79. The van der Waals surface area contributed by atoms with Crippen molar-refractivity contribution in [1.29, 1.82) is 0 Å². The van der Waals surface area contributed by atoms with Crippen molar-refractivity contribution in [3.05, 3.63) is 23.9 Å². The topological polar surface area (TPSA) is 45.4 Å². The molecule has 0 saturated carbocycles. The largest absolute Gasteiger partial charge is 0.357 e. The van der Waals surface area contributed by atoms with Crippen LogP contribution < -0.4 is 10.6 Å². The van der Waals surface area contributed by atoms with Gasteiger partial charge in [0.25, 0.3) is 0 Å². The van der Waals surface area contributed by atoms with Crippen LogP contribution in [-0.4, -0.2) is 42.6 Å². The van der Waals surface area contributed by atoms with Crippen LogP contribution in [0.2, 0.25) is 0 Å². The molecular formula is C16H30N4. The maximum Gasteiger partial charge on any atom is 0.133 e. The van der Waals surface area contributed by atoms with Crippen molar-refractivity contribution in [2.75, 3.05) is 37.6 Å². The van der Waals surface area contributed by atoms with Gasteiger partial charge in [0.05, 0.1) is 0 Å². The van der Waals surface area contributed by atoms with Gasteiger partial charge in [-0.2, -0.15) is 0 Å². The number of nitrogens with zero attached hydrogens (tertiary/aromatic N) is 3. The van der Waals surface area contributed by atoms with Gasteiger partial charge in [0.2, 0.25) is 0 Å². The normalized spacial score (nSPS) is 12.7. The molecule has 0 bridgehead atoms. The van der Waals surface area contributed by atoms with Crippen LogP contribution in [-0.2, 0) is 0 Å². The van der Waals surface area contributed by atoms with Gasteiger partial charge in [-0.15, -0.1) is 0 Å². The molecule has 0 radical (unpaired) electrons. The second-order valence-electron chi connectivity index (χ2n) is 5.17. The molecule has 4 nitrogen and oxygen atoms in total. The van der Waals surface area contributed by atoms with E-state index in [2.05, 4.69) is 41.6 Å². The molecule has 0 aliphatic rings. The molecule has 20 heavy (non-hydrogen) atoms. The van der Waals surface area contributed by atoms with Crippen molar-refractivity contribution in [2.45, 2.75) is 40.2 Å². The first-order valence-corrected chi connectivity index (χ1v) is 7.81. The van der Waals surface area contributed by atoms with E-state index in [1.54, 1.807) is 0 Å². The SMILES string of the molecule is CCN(CC)CCCN(CC)c1ncccc1[C@@H](C)N. The molecule has 0 spiro atoms. The van der Waals surface area contributed by atoms with E-state index in [-0.39, 0.29) is 6.04 Å². The molecule has 0 aliphatic carbocycles. The molecule has 0 amide bonds. The Morgan fingerprint density at radius 3 is 2.40 bits per heavy atom. The van der Waals surface area contributed by atoms with E-state index in [0.29, 0.717) is 0 Å². The number of anilines is 1. The van der Waals surface area contributed by atoms with Crippen LogP contribution in [0.5, 0.6) is 0 Å². The first kappa shape index (κ1) is 16.9. The predicted octanol–water partition coefficient (Wildman–Crippen LogP) is 2.66. The van der Waals surface area contributed by atoms with Gasteiger partial charge >= 0.3 is 0 Å². The minimum atomic E-state index is 0.0236. The number of pyridine rings is 1. The van der Waals surface area contributed by atoms with Gasteiger partial charge in [0.15, 0.2) is 0 Å². The van der Waals surface area contributed by atoms with Crippen LogP contribution in [0.25, 0.3) is 0 Å². The van der Waals surface area contributed by atoms with E-state index in [1.807, 2.05) is 19.2 Å². The molecule has 2 N–H and O–H groups in total. The van der Waals surface area contributed by atoms with E-state index >= 15 is 0 Å². The first-order chi connectivity index (χ1) is 9.63. The molecule has 1 atom stereocenters. The van der Waals surface area contributed by atoms with Crippen molar-refractivity contribution < 1.29 is 0 Å². The Kier molecular flexibility index (Phi) is 7.55. The Labute approximate surface area is 124 Å². The summed E-state index contributed by atoms with van der Waals surface area (Å²) in [5, 5.41) is 0. The van der Waals surface area contributed by atoms with Crippen molar-refractivity contribution in [1.82, 2.24) is 9.88 Å². The molecule has 0 saturated heterocycles. The summed E-state index contributed by atoms with van der Waals surface area (Å²) in [6.45, 7) is 14.0. The molecule has 1 rings (SSSR count). The molecule has 0 aliphatic heterocycles. The summed E-state index contributed by atoms with van der Waals surface area (Å²) in [5.41, 5.74) is 7.19. The first-order valence-electron chi connectivity index (χ1n) is 7.81. The molecule has 1 heterocycles. The fourth-order valence-corrected chi connectivity index (χ4v) is 2.47. The maximum atomic E-state index is 6.05. The van der Waals surface area contributed by atoms with E-state index in [9.17, 15) is 0 Å². The molecule has 4 heteroatoms. The minimum Gasteiger partial charge on any atom is -0.357 e. The van der Waals surface area contributed by atoms with Crippen LogP contribution in [0.4, 0.5) is 5.82 Å². The van der Waals surface area contributed by atoms with Crippen molar-refractivity contribution in [3.63, 3.8) is 0 Å². The van der Waals surface area contributed by atoms with E-state index < -0.39 is 0 Å². The van der Waals surface area contributed by atoms with Gasteiger partial charge in [0.1, 0.15) is 5.82 Å². The van der Waals surface area contributed by atoms with Crippen molar-refractivity contribution in [3.8, 4) is 0 Å². The number of nitrogens with two attached hydrogens (primary N) is 1. The van der Waals surface area contributed by atoms with Crippen LogP contribution in [0.15, 0.2) is 18.3 Å². The lowest BCUT2D eigenvalue weighted by Gasteiger charge is -2.27. The van der Waals surface area contributed by atoms with E-state index in [1.165, 1.54) is 0 Å². The second kappa shape index (κ2) is 8.93. The summed E-state index contributed by atoms with van der Waals surface area (Å²) in [6, 6.07) is 4.07. The van der Waals surface area contributed by atoms with Crippen molar-refractivity contribution in [2.24, 2.45) is 5.73 Å². The molecule has 114 valence electrons. The Morgan fingerprint density at radius 1 is 1.15 bits per heavy atom. The zero-order chi connectivity index (χ0) is 15.0. The van der Waals surface area contributed by atoms with Gasteiger partial charge < -0.3 is 15.5 Å². The van der Waals surface area contributed by atoms with Crippen LogP contribution in [0.3, 0.4) is 0 Å². The fourth-order valence-electron chi connectivity index (χ4n) is 2.47. The number of aromatic nitrogens is 1. The number of hydrogen-bond acceptors (Lipinski definition) is 4. The van der Waals surface area contributed by atoms with Gasteiger partial charge in [-0.1, -0.05) is 19.9 Å². The standard InChI is InChI=1S/C16H30N4/c1-5-19(6-2)12-9-13-20(7-3)16-15(14(4)17)10-8-11-18-16/h8,10-11,14H,5-7,9,12-13,17H2,1-4H3/t14-/m1/s1. The van der Waals surface area contributed by atoms with Gasteiger partial charge in [0, 0.05) is 30.9 Å². The van der Waals surface area contributed by atoms with Gasteiger partial charge in [-0.3, -0.25) is 0 Å². The molecule has 1 aromatic rings. The molecular weight excluding hydrogens is 248 g/mol. The predicted molar refractivity (Wildman–Crippen MR) is 87.1 cm³/mol. The Hall–Kier alpha value is -1.13. The van der Waals surface area contributed by atoms with Crippen LogP contribution >= 0.6 is 0 Å². The highest BCUT2D eigenvalue weighted by atomic mass is 15.2. The Bertz CT molecular complexity index is 374. The number of rotatable bonds is 9. The second-order valence-corrected chi connectivity index (χ2v) is 5.17. The van der Waals surface area contributed by atoms with Crippen molar-refractivity contribution >= 4 is 5.82 Å². The minimum absolute atomic E-state index is 0.0236.